The van der Waals surface area contributed by atoms with Crippen LogP contribution in [0.5, 0.6) is 0 Å². The molecule has 0 aromatic rings. The number of nitrogens with one attached hydrogen (secondary N) is 1. The van der Waals surface area contributed by atoms with Crippen LogP contribution in [0.1, 0.15) is 54.4 Å². The van der Waals surface area contributed by atoms with Gasteiger partial charge in [-0.25, -0.2) is 0 Å². The third-order valence-electron chi connectivity index (χ3n) is 3.27. The summed E-state index contributed by atoms with van der Waals surface area (Å²) in [5, 5.41) is 3.12. The minimum absolute atomic E-state index is 0.190. The molecule has 0 spiro atoms. The Morgan fingerprint density at radius 1 is 1.17 bits per heavy atom. The Kier molecular flexibility index (Phi) is 7.00. The maximum Gasteiger partial charge on any atom is 0.135 e. The first-order chi connectivity index (χ1) is 8.07. The number of Topliss-reactive ketones (excluding diaryl/α,β-unsaturated/α-hetero) is 1. The van der Waals surface area contributed by atoms with Crippen LogP contribution < -0.4 is 5.32 Å². The van der Waals surface area contributed by atoms with Crippen LogP contribution in [0.4, 0.5) is 0 Å². The van der Waals surface area contributed by atoms with E-state index in [1.165, 1.54) is 0 Å². The smallest absolute Gasteiger partial charge is 0.135 e. The van der Waals surface area contributed by atoms with Gasteiger partial charge in [0, 0.05) is 18.6 Å². The van der Waals surface area contributed by atoms with E-state index in [9.17, 15) is 4.79 Å². The number of ether oxygens (including phenoxy) is 1. The zero-order valence-electron chi connectivity index (χ0n) is 12.6. The normalized spacial score (nSPS) is 12.3. The Balaban J connectivity index is 3.96. The second-order valence-corrected chi connectivity index (χ2v) is 6.64. The first-order valence-electron chi connectivity index (χ1n) is 6.46. The van der Waals surface area contributed by atoms with Gasteiger partial charge in [0.15, 0.2) is 0 Å². The molecule has 0 aliphatic rings. The molecular formula is C14H27NO2S. The third-order valence-corrected chi connectivity index (χ3v) is 3.42. The van der Waals surface area contributed by atoms with Gasteiger partial charge in [-0.1, -0.05) is 26.1 Å². The molecule has 0 bridgehead atoms. The fraction of sp³-hybridized carbons (Fsp3) is 0.857. The fourth-order valence-electron chi connectivity index (χ4n) is 1.37. The van der Waals surface area contributed by atoms with Gasteiger partial charge >= 0.3 is 0 Å². The first kappa shape index (κ1) is 17.5. The second kappa shape index (κ2) is 7.19. The summed E-state index contributed by atoms with van der Waals surface area (Å²) in [5.41, 5.74) is -0.482. The van der Waals surface area contributed by atoms with Gasteiger partial charge in [-0.2, -0.15) is 0 Å². The fourth-order valence-corrected chi connectivity index (χ4v) is 1.47. The largest absolute Gasteiger partial charge is 0.380 e. The lowest BCUT2D eigenvalue weighted by atomic mass is 9.86. The Labute approximate surface area is 117 Å². The van der Waals surface area contributed by atoms with Gasteiger partial charge in [0.05, 0.1) is 10.6 Å². The van der Waals surface area contributed by atoms with Crippen molar-refractivity contribution in [3.63, 3.8) is 0 Å². The van der Waals surface area contributed by atoms with E-state index in [1.807, 2.05) is 20.8 Å². The number of rotatable bonds is 8. The summed E-state index contributed by atoms with van der Waals surface area (Å²) < 4.78 is 5.86. The van der Waals surface area contributed by atoms with Crippen molar-refractivity contribution >= 4 is 23.0 Å². The zero-order valence-corrected chi connectivity index (χ0v) is 13.4. The van der Waals surface area contributed by atoms with Gasteiger partial charge in [0.1, 0.15) is 5.78 Å². The molecule has 0 heterocycles. The van der Waals surface area contributed by atoms with Crippen LogP contribution in [0.25, 0.3) is 0 Å². The van der Waals surface area contributed by atoms with Gasteiger partial charge in [-0.15, -0.1) is 0 Å². The monoisotopic (exact) mass is 273 g/mol. The molecule has 0 aromatic heterocycles. The van der Waals surface area contributed by atoms with Crippen LogP contribution in [0.2, 0.25) is 0 Å². The van der Waals surface area contributed by atoms with E-state index in [0.717, 1.165) is 24.4 Å². The lowest BCUT2D eigenvalue weighted by Crippen LogP contribution is -2.33. The van der Waals surface area contributed by atoms with Crippen molar-refractivity contribution in [2.45, 2.75) is 60.0 Å². The topological polar surface area (TPSA) is 38.3 Å². The molecule has 0 fully saturated rings. The molecule has 0 aliphatic heterocycles. The zero-order chi connectivity index (χ0) is 14.4. The van der Waals surface area contributed by atoms with E-state index in [-0.39, 0.29) is 16.8 Å². The Morgan fingerprint density at radius 2 is 1.72 bits per heavy atom. The molecule has 0 aromatic carbocycles. The molecule has 0 atom stereocenters. The van der Waals surface area contributed by atoms with Gasteiger partial charge in [0.2, 0.25) is 0 Å². The molecule has 0 saturated heterocycles. The minimum atomic E-state index is -0.292. The van der Waals surface area contributed by atoms with Crippen LogP contribution in [0.15, 0.2) is 0 Å². The van der Waals surface area contributed by atoms with Crippen molar-refractivity contribution < 1.29 is 9.53 Å². The number of ketones is 1. The quantitative estimate of drug-likeness (QED) is 0.690. The van der Waals surface area contributed by atoms with Crippen molar-refractivity contribution in [2.24, 2.45) is 5.41 Å². The van der Waals surface area contributed by atoms with E-state index in [0.29, 0.717) is 6.61 Å². The highest BCUT2D eigenvalue weighted by Crippen LogP contribution is 2.23. The van der Waals surface area contributed by atoms with Gasteiger partial charge < -0.3 is 10.1 Å². The average molecular weight is 273 g/mol. The van der Waals surface area contributed by atoms with Crippen LogP contribution in [0, 0.1) is 5.41 Å². The van der Waals surface area contributed by atoms with Gasteiger partial charge in [-0.3, -0.25) is 4.79 Å². The number of hydrogen-bond donors (Lipinski definition) is 1. The van der Waals surface area contributed by atoms with Crippen molar-refractivity contribution in [1.82, 2.24) is 5.32 Å². The Morgan fingerprint density at radius 3 is 2.17 bits per heavy atom. The maximum atomic E-state index is 11.4. The molecule has 106 valence electrons. The Bertz CT molecular complexity index is 298. The number of thiocarbonyl (C=S) groups is 1. The number of hydrogen-bond acceptors (Lipinski definition) is 3. The molecule has 4 heteroatoms. The molecule has 3 nitrogen and oxygen atoms in total. The lowest BCUT2D eigenvalue weighted by Gasteiger charge is -2.28. The average Bonchev–Trinajstić information content (AvgIpc) is 2.15. The molecule has 0 aliphatic carbocycles. The van der Waals surface area contributed by atoms with E-state index in [2.05, 4.69) is 19.2 Å². The maximum absolute atomic E-state index is 11.4. The molecule has 18 heavy (non-hydrogen) atoms. The van der Waals surface area contributed by atoms with Crippen LogP contribution >= 0.6 is 12.2 Å². The van der Waals surface area contributed by atoms with Crippen molar-refractivity contribution in [3.8, 4) is 0 Å². The summed E-state index contributed by atoms with van der Waals surface area (Å²) in [6, 6.07) is 0. The standard InChI is InChI=1S/C14H27NO2S/c1-11(16)13(3,4)8-10-17-14(5,6)7-9-15-12(2)18/h7-10H2,1-6H3,(H,15,18). The van der Waals surface area contributed by atoms with E-state index in [1.54, 1.807) is 6.92 Å². The summed E-state index contributed by atoms with van der Waals surface area (Å²) in [6.45, 7) is 13.0. The second-order valence-electron chi connectivity index (χ2n) is 6.03. The molecular weight excluding hydrogens is 246 g/mol. The highest BCUT2D eigenvalue weighted by molar-refractivity contribution is 7.80. The van der Waals surface area contributed by atoms with Crippen LogP contribution in [0.3, 0.4) is 0 Å². The molecule has 1 N–H and O–H groups in total. The SMILES string of the molecule is CC(=O)C(C)(C)CCOC(C)(C)CCNC(C)=S. The first-order valence-corrected chi connectivity index (χ1v) is 6.87. The molecule has 0 unspecified atom stereocenters. The molecule has 0 radical (unpaired) electrons. The molecule has 0 saturated carbocycles. The number of carbonyl (C=O) groups is 1. The third kappa shape index (κ3) is 7.77. The number of carbonyl (C=O) groups excluding carboxylic acids is 1. The summed E-state index contributed by atoms with van der Waals surface area (Å²) in [5.74, 6) is 0.210. The molecule has 0 rings (SSSR count). The predicted molar refractivity (Wildman–Crippen MR) is 80.0 cm³/mol. The highest BCUT2D eigenvalue weighted by atomic mass is 32.1. The lowest BCUT2D eigenvalue weighted by molar-refractivity contribution is -0.126. The highest BCUT2D eigenvalue weighted by Gasteiger charge is 2.25. The van der Waals surface area contributed by atoms with Crippen LogP contribution in [-0.2, 0) is 9.53 Å². The van der Waals surface area contributed by atoms with Crippen molar-refractivity contribution in [1.29, 1.82) is 0 Å². The summed E-state index contributed by atoms with van der Waals surface area (Å²) >= 11 is 4.96. The van der Waals surface area contributed by atoms with Gasteiger partial charge in [0.25, 0.3) is 0 Å². The molecule has 0 amide bonds. The minimum Gasteiger partial charge on any atom is -0.380 e. The van der Waals surface area contributed by atoms with Crippen molar-refractivity contribution in [3.05, 3.63) is 0 Å². The van der Waals surface area contributed by atoms with E-state index < -0.39 is 0 Å². The Hall–Kier alpha value is -0.480. The summed E-state index contributed by atoms with van der Waals surface area (Å²) in [7, 11) is 0. The van der Waals surface area contributed by atoms with E-state index in [4.69, 9.17) is 17.0 Å². The van der Waals surface area contributed by atoms with Gasteiger partial charge in [-0.05, 0) is 40.5 Å². The van der Waals surface area contributed by atoms with Crippen molar-refractivity contribution in [2.75, 3.05) is 13.2 Å². The predicted octanol–water partition coefficient (Wildman–Crippen LogP) is 3.11. The van der Waals surface area contributed by atoms with E-state index >= 15 is 0 Å². The summed E-state index contributed by atoms with van der Waals surface area (Å²) in [6.07, 6.45) is 1.65. The van der Waals surface area contributed by atoms with Crippen LogP contribution in [-0.4, -0.2) is 29.5 Å². The summed E-state index contributed by atoms with van der Waals surface area (Å²) in [4.78, 5) is 12.2.